The van der Waals surface area contributed by atoms with E-state index in [1.54, 1.807) is 6.92 Å². The number of hydrogen-bond donors (Lipinski definition) is 2. The predicted molar refractivity (Wildman–Crippen MR) is 79.2 cm³/mol. The number of hydrogen-bond acceptors (Lipinski definition) is 3. The Hall–Kier alpha value is -1.88. The lowest BCUT2D eigenvalue weighted by Crippen LogP contribution is -2.46. The fraction of sp³-hybridized carbons (Fsp3) is 0.467. The quantitative estimate of drug-likeness (QED) is 0.813. The molecule has 5 heteroatoms. The van der Waals surface area contributed by atoms with Gasteiger partial charge < -0.3 is 15.5 Å². The molecule has 20 heavy (non-hydrogen) atoms. The van der Waals surface area contributed by atoms with E-state index in [1.807, 2.05) is 44.4 Å². The Bertz CT molecular complexity index is 446. The van der Waals surface area contributed by atoms with Crippen molar-refractivity contribution in [2.45, 2.75) is 25.9 Å². The molecule has 0 saturated heterocycles. The van der Waals surface area contributed by atoms with Gasteiger partial charge in [0.2, 0.25) is 11.8 Å². The number of likely N-dealkylation sites (N-methyl/N-ethyl adjacent to an activating group) is 1. The van der Waals surface area contributed by atoms with Gasteiger partial charge in [-0.1, -0.05) is 30.3 Å². The molecule has 0 heterocycles. The molecule has 0 aliphatic heterocycles. The van der Waals surface area contributed by atoms with Crippen molar-refractivity contribution in [3.63, 3.8) is 0 Å². The molecule has 1 aromatic rings. The zero-order valence-electron chi connectivity index (χ0n) is 12.5. The fourth-order valence-corrected chi connectivity index (χ4v) is 1.99. The molecular formula is C15H23N3O2. The van der Waals surface area contributed by atoms with Crippen LogP contribution in [-0.2, 0) is 9.59 Å². The van der Waals surface area contributed by atoms with Crippen LogP contribution in [0.3, 0.4) is 0 Å². The van der Waals surface area contributed by atoms with E-state index in [-0.39, 0.29) is 17.9 Å². The molecule has 0 aliphatic rings. The Morgan fingerprint density at radius 1 is 1.20 bits per heavy atom. The van der Waals surface area contributed by atoms with Crippen LogP contribution >= 0.6 is 0 Å². The molecule has 0 aliphatic carbocycles. The first kappa shape index (κ1) is 16.2. The third-order valence-electron chi connectivity index (χ3n) is 3.09. The summed E-state index contributed by atoms with van der Waals surface area (Å²) in [5, 5.41) is 5.44. The van der Waals surface area contributed by atoms with Crippen molar-refractivity contribution < 1.29 is 9.59 Å². The van der Waals surface area contributed by atoms with E-state index >= 15 is 0 Å². The molecule has 1 aromatic carbocycles. The Morgan fingerprint density at radius 3 is 2.30 bits per heavy atom. The number of amides is 2. The summed E-state index contributed by atoms with van der Waals surface area (Å²) in [6, 6.07) is 9.58. The molecule has 2 amide bonds. The molecule has 0 radical (unpaired) electrons. The van der Waals surface area contributed by atoms with E-state index in [9.17, 15) is 9.59 Å². The van der Waals surface area contributed by atoms with Gasteiger partial charge in [-0.05, 0) is 26.6 Å². The van der Waals surface area contributed by atoms with E-state index in [1.165, 1.54) is 6.92 Å². The highest BCUT2D eigenvalue weighted by Crippen LogP contribution is 2.16. The highest BCUT2D eigenvalue weighted by Gasteiger charge is 2.18. The van der Waals surface area contributed by atoms with Gasteiger partial charge in [0.1, 0.15) is 6.04 Å². The number of carbonyl (C=O) groups excluding carboxylic acids is 2. The van der Waals surface area contributed by atoms with Gasteiger partial charge in [-0.15, -0.1) is 0 Å². The van der Waals surface area contributed by atoms with Gasteiger partial charge in [0.05, 0.1) is 6.04 Å². The maximum Gasteiger partial charge on any atom is 0.242 e. The Morgan fingerprint density at radius 2 is 1.80 bits per heavy atom. The van der Waals surface area contributed by atoms with Gasteiger partial charge in [-0.3, -0.25) is 9.59 Å². The van der Waals surface area contributed by atoms with Crippen LogP contribution in [0.15, 0.2) is 30.3 Å². The molecule has 0 spiro atoms. The van der Waals surface area contributed by atoms with Gasteiger partial charge in [0.15, 0.2) is 0 Å². The summed E-state index contributed by atoms with van der Waals surface area (Å²) in [6.45, 7) is 3.57. The summed E-state index contributed by atoms with van der Waals surface area (Å²) < 4.78 is 0. The van der Waals surface area contributed by atoms with Gasteiger partial charge in [-0.25, -0.2) is 0 Å². The zero-order chi connectivity index (χ0) is 15.1. The third kappa shape index (κ3) is 5.01. The van der Waals surface area contributed by atoms with Crippen molar-refractivity contribution in [3.8, 4) is 0 Å². The van der Waals surface area contributed by atoms with Gasteiger partial charge in [0.25, 0.3) is 0 Å². The van der Waals surface area contributed by atoms with Crippen LogP contribution in [0.1, 0.15) is 25.5 Å². The maximum absolute atomic E-state index is 11.9. The van der Waals surface area contributed by atoms with Gasteiger partial charge >= 0.3 is 0 Å². The van der Waals surface area contributed by atoms with E-state index in [2.05, 4.69) is 15.5 Å². The molecule has 2 unspecified atom stereocenters. The summed E-state index contributed by atoms with van der Waals surface area (Å²) in [7, 11) is 3.95. The SMILES string of the molecule is CC(=O)NC(C)C(=O)NCC(c1ccccc1)N(C)C. The molecule has 2 N–H and O–H groups in total. The van der Waals surface area contributed by atoms with Crippen LogP contribution in [0.25, 0.3) is 0 Å². The first-order valence-electron chi connectivity index (χ1n) is 6.68. The Labute approximate surface area is 120 Å². The summed E-state index contributed by atoms with van der Waals surface area (Å²) >= 11 is 0. The Kier molecular flexibility index (Phi) is 6.18. The largest absolute Gasteiger partial charge is 0.352 e. The lowest BCUT2D eigenvalue weighted by molar-refractivity contribution is -0.127. The van der Waals surface area contributed by atoms with Crippen molar-refractivity contribution in [2.24, 2.45) is 0 Å². The van der Waals surface area contributed by atoms with Crippen LogP contribution in [0, 0.1) is 0 Å². The normalized spacial score (nSPS) is 13.7. The van der Waals surface area contributed by atoms with Crippen molar-refractivity contribution >= 4 is 11.8 Å². The van der Waals surface area contributed by atoms with Crippen LogP contribution in [-0.4, -0.2) is 43.4 Å². The van der Waals surface area contributed by atoms with E-state index in [0.717, 1.165) is 5.56 Å². The number of benzene rings is 1. The van der Waals surface area contributed by atoms with Crippen LogP contribution < -0.4 is 10.6 Å². The first-order valence-corrected chi connectivity index (χ1v) is 6.68. The molecule has 110 valence electrons. The van der Waals surface area contributed by atoms with Gasteiger partial charge in [0, 0.05) is 13.5 Å². The summed E-state index contributed by atoms with van der Waals surface area (Å²) in [4.78, 5) is 24.9. The number of rotatable bonds is 6. The summed E-state index contributed by atoms with van der Waals surface area (Å²) in [6.07, 6.45) is 0. The molecule has 0 bridgehead atoms. The van der Waals surface area contributed by atoms with Crippen molar-refractivity contribution in [3.05, 3.63) is 35.9 Å². The Balaban J connectivity index is 2.60. The smallest absolute Gasteiger partial charge is 0.242 e. The van der Waals surface area contributed by atoms with E-state index in [4.69, 9.17) is 0 Å². The van der Waals surface area contributed by atoms with Crippen LogP contribution in [0.4, 0.5) is 0 Å². The van der Waals surface area contributed by atoms with Crippen molar-refractivity contribution in [1.29, 1.82) is 0 Å². The fourth-order valence-electron chi connectivity index (χ4n) is 1.99. The molecular weight excluding hydrogens is 254 g/mol. The topological polar surface area (TPSA) is 61.4 Å². The van der Waals surface area contributed by atoms with Crippen molar-refractivity contribution in [1.82, 2.24) is 15.5 Å². The lowest BCUT2D eigenvalue weighted by atomic mass is 10.1. The minimum absolute atomic E-state index is 0.102. The first-order chi connectivity index (χ1) is 9.41. The molecule has 0 saturated carbocycles. The molecule has 1 rings (SSSR count). The minimum Gasteiger partial charge on any atom is -0.352 e. The molecule has 5 nitrogen and oxygen atoms in total. The third-order valence-corrected chi connectivity index (χ3v) is 3.09. The van der Waals surface area contributed by atoms with Crippen LogP contribution in [0.2, 0.25) is 0 Å². The second-order valence-electron chi connectivity index (χ2n) is 5.06. The lowest BCUT2D eigenvalue weighted by Gasteiger charge is -2.25. The minimum atomic E-state index is -0.522. The molecule has 0 fully saturated rings. The average molecular weight is 277 g/mol. The molecule has 0 aromatic heterocycles. The summed E-state index contributed by atoms with van der Waals surface area (Å²) in [5.41, 5.74) is 1.14. The van der Waals surface area contributed by atoms with E-state index in [0.29, 0.717) is 6.54 Å². The highest BCUT2D eigenvalue weighted by atomic mass is 16.2. The number of nitrogens with zero attached hydrogens (tertiary/aromatic N) is 1. The number of carbonyl (C=O) groups is 2. The predicted octanol–water partition coefficient (Wildman–Crippen LogP) is 0.930. The van der Waals surface area contributed by atoms with E-state index < -0.39 is 6.04 Å². The monoisotopic (exact) mass is 277 g/mol. The number of nitrogens with one attached hydrogen (secondary N) is 2. The second kappa shape index (κ2) is 7.65. The average Bonchev–Trinajstić information content (AvgIpc) is 2.38. The standard InChI is InChI=1S/C15H23N3O2/c1-11(17-12(2)19)15(20)16-10-14(18(3)4)13-8-6-5-7-9-13/h5-9,11,14H,10H2,1-4H3,(H,16,20)(H,17,19). The summed E-state index contributed by atoms with van der Waals surface area (Å²) in [5.74, 6) is -0.386. The molecule has 2 atom stereocenters. The van der Waals surface area contributed by atoms with Crippen LogP contribution in [0.5, 0.6) is 0 Å². The second-order valence-corrected chi connectivity index (χ2v) is 5.06. The maximum atomic E-state index is 11.9. The zero-order valence-corrected chi connectivity index (χ0v) is 12.5. The van der Waals surface area contributed by atoms with Crippen molar-refractivity contribution in [2.75, 3.05) is 20.6 Å². The van der Waals surface area contributed by atoms with Gasteiger partial charge in [-0.2, -0.15) is 0 Å². The highest BCUT2D eigenvalue weighted by molar-refractivity contribution is 5.86.